The molecule has 0 saturated heterocycles. The monoisotopic (exact) mass is 445 g/mol. The van der Waals surface area contributed by atoms with Crippen LogP contribution in [0.5, 0.6) is 0 Å². The summed E-state index contributed by atoms with van der Waals surface area (Å²) in [6.45, 7) is 4.00. The van der Waals surface area contributed by atoms with E-state index in [4.69, 9.17) is 4.52 Å². The van der Waals surface area contributed by atoms with Gasteiger partial charge in [0.2, 0.25) is 0 Å². The molecule has 0 fully saturated rings. The summed E-state index contributed by atoms with van der Waals surface area (Å²) in [5.41, 5.74) is 8.16. The fourth-order valence-electron chi connectivity index (χ4n) is 4.71. The van der Waals surface area contributed by atoms with Crippen molar-refractivity contribution in [3.8, 4) is 22.5 Å². The minimum atomic E-state index is -0.0710. The third-order valence-electron chi connectivity index (χ3n) is 6.20. The highest BCUT2D eigenvalue weighted by Crippen LogP contribution is 2.43. The molecule has 4 heterocycles. The number of H-pyrrole nitrogens is 1. The van der Waals surface area contributed by atoms with E-state index in [1.54, 1.807) is 0 Å². The maximum Gasteiger partial charge on any atom is 0.174 e. The predicted molar refractivity (Wildman–Crippen MR) is 136 cm³/mol. The molecule has 6 nitrogen and oxygen atoms in total. The smallest absolute Gasteiger partial charge is 0.174 e. The van der Waals surface area contributed by atoms with Crippen LogP contribution in [0.15, 0.2) is 89.7 Å². The van der Waals surface area contributed by atoms with Gasteiger partial charge in [0.15, 0.2) is 11.4 Å². The molecular formula is C28H23N5O. The van der Waals surface area contributed by atoms with Crippen molar-refractivity contribution in [2.45, 2.75) is 19.9 Å². The Balaban J connectivity index is 0.00000106. The Labute approximate surface area is 196 Å². The van der Waals surface area contributed by atoms with Crippen molar-refractivity contribution in [1.82, 2.24) is 20.3 Å². The molecule has 1 unspecified atom stereocenters. The van der Waals surface area contributed by atoms with Crippen LogP contribution in [0.2, 0.25) is 0 Å². The zero-order valence-corrected chi connectivity index (χ0v) is 18.9. The number of nitrogens with one attached hydrogen (secondary N) is 2. The van der Waals surface area contributed by atoms with Gasteiger partial charge in [-0.25, -0.2) is 0 Å². The molecule has 0 spiro atoms. The average Bonchev–Trinajstić information content (AvgIpc) is 3.50. The molecule has 1 aliphatic rings. The summed E-state index contributed by atoms with van der Waals surface area (Å²) in [7, 11) is 0. The summed E-state index contributed by atoms with van der Waals surface area (Å²) in [6.07, 6.45) is 3.88. The summed E-state index contributed by atoms with van der Waals surface area (Å²) in [4.78, 5) is 3.30. The average molecular weight is 446 g/mol. The van der Waals surface area contributed by atoms with E-state index in [9.17, 15) is 0 Å². The van der Waals surface area contributed by atoms with E-state index in [-0.39, 0.29) is 6.04 Å². The number of aromatic amines is 1. The lowest BCUT2D eigenvalue weighted by atomic mass is 9.96. The minimum absolute atomic E-state index is 0.0710. The first-order chi connectivity index (χ1) is 16.9. The van der Waals surface area contributed by atoms with Crippen molar-refractivity contribution < 1.29 is 4.52 Å². The van der Waals surface area contributed by atoms with E-state index >= 15 is 0 Å². The number of fused-ring (bicyclic) bond motifs is 3. The van der Waals surface area contributed by atoms with E-state index in [0.717, 1.165) is 61.2 Å². The van der Waals surface area contributed by atoms with Crippen LogP contribution in [-0.4, -0.2) is 20.3 Å². The van der Waals surface area contributed by atoms with Gasteiger partial charge in [-0.3, -0.25) is 0 Å². The summed E-state index contributed by atoms with van der Waals surface area (Å²) < 4.78 is 5.73. The Bertz CT molecular complexity index is 1620. The van der Waals surface area contributed by atoms with Crippen LogP contribution in [0.25, 0.3) is 44.4 Å². The molecule has 0 amide bonds. The molecule has 0 aliphatic carbocycles. The molecule has 6 aromatic rings. The van der Waals surface area contributed by atoms with Crippen LogP contribution in [0, 0.1) is 0 Å². The maximum absolute atomic E-state index is 5.73. The van der Waals surface area contributed by atoms with Gasteiger partial charge in [0.05, 0.1) is 17.6 Å². The van der Waals surface area contributed by atoms with Crippen molar-refractivity contribution in [2.24, 2.45) is 0 Å². The van der Waals surface area contributed by atoms with Gasteiger partial charge in [-0.1, -0.05) is 73.6 Å². The van der Waals surface area contributed by atoms with Crippen LogP contribution in [0.3, 0.4) is 0 Å². The fraction of sp³-hybridized carbons (Fsp3) is 0.107. The number of nitrogens with zero attached hydrogens (tertiary/aromatic N) is 3. The number of hydrogen-bond donors (Lipinski definition) is 2. The van der Waals surface area contributed by atoms with Gasteiger partial charge in [0.25, 0.3) is 0 Å². The largest absolute Gasteiger partial charge is 0.374 e. The molecule has 0 radical (unpaired) electrons. The molecule has 3 aromatic carbocycles. The summed E-state index contributed by atoms with van der Waals surface area (Å²) >= 11 is 0. The lowest BCUT2D eigenvalue weighted by Crippen LogP contribution is -2.11. The van der Waals surface area contributed by atoms with Crippen LogP contribution in [-0.2, 0) is 0 Å². The molecule has 0 bridgehead atoms. The maximum atomic E-state index is 5.73. The minimum Gasteiger partial charge on any atom is -0.374 e. The van der Waals surface area contributed by atoms with E-state index in [1.165, 1.54) is 0 Å². The Hall–Kier alpha value is -4.45. The molecule has 1 atom stereocenters. The topological polar surface area (TPSA) is 79.6 Å². The van der Waals surface area contributed by atoms with E-state index in [2.05, 4.69) is 56.0 Å². The number of rotatable bonds is 2. The van der Waals surface area contributed by atoms with Crippen LogP contribution in [0.4, 0.5) is 5.69 Å². The van der Waals surface area contributed by atoms with Gasteiger partial charge in [-0.15, -0.1) is 5.10 Å². The molecule has 3 aromatic heterocycles. The second kappa shape index (κ2) is 8.15. The number of hydrogen-bond acceptors (Lipinski definition) is 5. The molecule has 7 rings (SSSR count). The van der Waals surface area contributed by atoms with Gasteiger partial charge < -0.3 is 14.8 Å². The third kappa shape index (κ3) is 3.07. The van der Waals surface area contributed by atoms with Crippen LogP contribution >= 0.6 is 0 Å². The first kappa shape index (κ1) is 20.2. The Morgan fingerprint density at radius 2 is 1.71 bits per heavy atom. The first-order valence-electron chi connectivity index (χ1n) is 11.5. The molecular weight excluding hydrogens is 422 g/mol. The van der Waals surface area contributed by atoms with Crippen molar-refractivity contribution >= 4 is 27.6 Å². The normalized spacial score (nSPS) is 14.1. The molecule has 1 aliphatic heterocycles. The number of aromatic nitrogens is 4. The summed E-state index contributed by atoms with van der Waals surface area (Å²) in [5.74, 6) is 0.780. The van der Waals surface area contributed by atoms with Crippen molar-refractivity contribution in [2.75, 3.05) is 5.32 Å². The number of benzene rings is 3. The quantitative estimate of drug-likeness (QED) is 0.301. The van der Waals surface area contributed by atoms with Gasteiger partial charge in [-0.05, 0) is 23.8 Å². The SMILES string of the molecule is CC.c1ccc(-c2onc3ccc(C4Nc5ccccc5-c5cnnc6[nH]cc4c56)cc23)cc1. The Kier molecular flexibility index (Phi) is 4.84. The third-order valence-corrected chi connectivity index (χ3v) is 6.20. The van der Waals surface area contributed by atoms with Gasteiger partial charge in [0.1, 0.15) is 5.52 Å². The van der Waals surface area contributed by atoms with E-state index < -0.39 is 0 Å². The number of para-hydroxylation sites is 1. The molecule has 2 N–H and O–H groups in total. The van der Waals surface area contributed by atoms with Crippen molar-refractivity contribution in [3.05, 3.63) is 96.3 Å². The van der Waals surface area contributed by atoms with Crippen molar-refractivity contribution in [3.63, 3.8) is 0 Å². The van der Waals surface area contributed by atoms with Gasteiger partial charge in [0, 0.05) is 39.5 Å². The zero-order chi connectivity index (χ0) is 23.1. The summed E-state index contributed by atoms with van der Waals surface area (Å²) in [6, 6.07) is 24.6. The molecule has 6 heteroatoms. The standard InChI is InChI=1S/C26H17N5O.C2H6/c1-2-6-15(7-3-1)25-18-12-16(10-11-22(18)31-32-25)24-20-13-27-26-23(20)19(14-28-30-26)17-8-4-5-9-21(17)29-24;1-2/h1-14,24,29H,(H,27,30);1-2H3. The van der Waals surface area contributed by atoms with Gasteiger partial charge in [-0.2, -0.15) is 5.10 Å². The van der Waals surface area contributed by atoms with E-state index in [1.807, 2.05) is 68.7 Å². The first-order valence-corrected chi connectivity index (χ1v) is 11.5. The Morgan fingerprint density at radius 3 is 2.59 bits per heavy atom. The predicted octanol–water partition coefficient (Wildman–Crippen LogP) is 6.97. The highest BCUT2D eigenvalue weighted by molar-refractivity contribution is 6.01. The Morgan fingerprint density at radius 1 is 0.882 bits per heavy atom. The van der Waals surface area contributed by atoms with Crippen LogP contribution in [0.1, 0.15) is 31.0 Å². The number of anilines is 1. The zero-order valence-electron chi connectivity index (χ0n) is 18.9. The lowest BCUT2D eigenvalue weighted by Gasteiger charge is -2.19. The highest BCUT2D eigenvalue weighted by Gasteiger charge is 2.27. The molecule has 0 saturated carbocycles. The highest BCUT2D eigenvalue weighted by atomic mass is 16.5. The second-order valence-electron chi connectivity index (χ2n) is 8.00. The lowest BCUT2D eigenvalue weighted by molar-refractivity contribution is 0.441. The second-order valence-corrected chi connectivity index (χ2v) is 8.00. The van der Waals surface area contributed by atoms with E-state index in [0.29, 0.717) is 0 Å². The van der Waals surface area contributed by atoms with Crippen molar-refractivity contribution in [1.29, 1.82) is 0 Å². The van der Waals surface area contributed by atoms with Crippen LogP contribution < -0.4 is 5.32 Å². The van der Waals surface area contributed by atoms with Gasteiger partial charge >= 0.3 is 0 Å². The molecule has 34 heavy (non-hydrogen) atoms. The summed E-state index contributed by atoms with van der Waals surface area (Å²) in [5, 5.41) is 18.7. The molecule has 166 valence electrons. The fourth-order valence-corrected chi connectivity index (χ4v) is 4.71.